The van der Waals surface area contributed by atoms with E-state index in [1.807, 2.05) is 97.1 Å². The monoisotopic (exact) mass is 1610 g/mol. The molecule has 0 aliphatic heterocycles. The van der Waals surface area contributed by atoms with Gasteiger partial charge in [0.15, 0.2) is 0 Å². The summed E-state index contributed by atoms with van der Waals surface area (Å²) in [5.74, 6) is -2.00. The van der Waals surface area contributed by atoms with Crippen molar-refractivity contribution in [2.75, 3.05) is 0 Å². The Labute approximate surface area is 716 Å². The van der Waals surface area contributed by atoms with Crippen molar-refractivity contribution in [1.82, 2.24) is 13.7 Å². The molecule has 3 aromatic heterocycles. The second-order valence-electron chi connectivity index (χ2n) is 31.5. The first-order valence-electron chi connectivity index (χ1n) is 41.6. The number of nitriles is 2. The number of hydrogen-bond donors (Lipinski definition) is 0. The average molecular weight is 1610 g/mol. The number of rotatable bonds is 9. The molecule has 21 aromatic carbocycles. The minimum absolute atomic E-state index is 0.00756. The van der Waals surface area contributed by atoms with Gasteiger partial charge in [-0.05, 0) is 230 Å². The molecule has 0 N–H and O–H groups in total. The van der Waals surface area contributed by atoms with E-state index in [1.54, 1.807) is 12.1 Å². The van der Waals surface area contributed by atoms with Crippen LogP contribution in [0.15, 0.2) is 419 Å². The van der Waals surface area contributed by atoms with Gasteiger partial charge in [-0.25, -0.2) is 17.6 Å². The van der Waals surface area contributed by atoms with Crippen LogP contribution in [0.1, 0.15) is 11.1 Å². The van der Waals surface area contributed by atoms with Crippen LogP contribution in [0.25, 0.3) is 214 Å². The lowest BCUT2D eigenvalue weighted by Crippen LogP contribution is -1.96. The van der Waals surface area contributed by atoms with Crippen LogP contribution in [0.2, 0.25) is 0 Å². The van der Waals surface area contributed by atoms with Crippen molar-refractivity contribution in [3.63, 3.8) is 0 Å². The van der Waals surface area contributed by atoms with E-state index in [1.165, 1.54) is 90.8 Å². The molecule has 24 aromatic rings. The van der Waals surface area contributed by atoms with Gasteiger partial charge in [0.25, 0.3) is 0 Å². The second kappa shape index (κ2) is 30.8. The summed E-state index contributed by atoms with van der Waals surface area (Å²) in [5, 5.41) is 38.5. The van der Waals surface area contributed by atoms with E-state index in [2.05, 4.69) is 299 Å². The molecule has 0 saturated heterocycles. The Kier molecular flexibility index (Phi) is 18.4. The Balaban J connectivity index is 0.000000111. The van der Waals surface area contributed by atoms with E-state index in [-0.39, 0.29) is 16.9 Å². The molecule has 0 bridgehead atoms. The van der Waals surface area contributed by atoms with Crippen molar-refractivity contribution in [2.24, 2.45) is 0 Å². The van der Waals surface area contributed by atoms with Crippen LogP contribution in [0.3, 0.4) is 0 Å². The number of nitrogens with zero attached hydrogens (tertiary/aromatic N) is 5. The summed E-state index contributed by atoms with van der Waals surface area (Å²) in [4.78, 5) is 0. The summed E-state index contributed by atoms with van der Waals surface area (Å²) >= 11 is 0. The van der Waals surface area contributed by atoms with Crippen LogP contribution in [-0.2, 0) is 0 Å². The van der Waals surface area contributed by atoms with Gasteiger partial charge in [0.05, 0.1) is 55.9 Å². The highest BCUT2D eigenvalue weighted by atomic mass is 19.1. The van der Waals surface area contributed by atoms with Crippen LogP contribution in [0.4, 0.5) is 17.6 Å². The summed E-state index contributed by atoms with van der Waals surface area (Å²) in [7, 11) is 0. The third kappa shape index (κ3) is 12.4. The Morgan fingerprint density at radius 3 is 0.680 bits per heavy atom. The molecule has 125 heavy (non-hydrogen) atoms. The van der Waals surface area contributed by atoms with E-state index in [0.717, 1.165) is 143 Å². The van der Waals surface area contributed by atoms with Crippen LogP contribution in [-0.4, -0.2) is 13.7 Å². The van der Waals surface area contributed by atoms with Gasteiger partial charge < -0.3 is 13.7 Å². The summed E-state index contributed by atoms with van der Waals surface area (Å²) in [6, 6.07) is 144. The second-order valence-corrected chi connectivity index (χ2v) is 31.5. The molecular weight excluding hydrogens is 1540 g/mol. The molecule has 586 valence electrons. The van der Waals surface area contributed by atoms with Gasteiger partial charge >= 0.3 is 0 Å². The van der Waals surface area contributed by atoms with Crippen molar-refractivity contribution in [3.05, 3.63) is 453 Å². The molecule has 0 saturated carbocycles. The van der Waals surface area contributed by atoms with Crippen LogP contribution >= 0.6 is 0 Å². The normalized spacial score (nSPS) is 11.5. The highest BCUT2D eigenvalue weighted by Gasteiger charge is 2.26. The molecule has 0 amide bonds. The SMILES string of the molecule is Fc1cccc(F)c1-c1c2ccccc2c(-c2ccc(-n3c4ccccc4c4ccccc43)cc2)c2ccccc12.N#Cc1ccc(-c2c3ccccc3c(-c3ccc(-n4c5ccccc5c5ccccc54)cc3)c3ccccc23)cc1F.N#Cc1ccc(F)cc1-c1c2ccccc2c(-c2ccc(-n3c4ccccc4c4ccccc43)cc2)c2ccccc12. The molecule has 9 heteroatoms. The molecule has 0 fully saturated rings. The largest absolute Gasteiger partial charge is 0.309 e. The number of hydrogen-bond acceptors (Lipinski definition) is 2. The summed E-state index contributed by atoms with van der Waals surface area (Å²) in [6.45, 7) is 0. The van der Waals surface area contributed by atoms with Crippen molar-refractivity contribution in [1.29, 1.82) is 10.5 Å². The molecule has 0 atom stereocenters. The van der Waals surface area contributed by atoms with Gasteiger partial charge in [-0.2, -0.15) is 10.5 Å². The van der Waals surface area contributed by atoms with E-state index in [0.29, 0.717) is 16.7 Å². The minimum Gasteiger partial charge on any atom is -0.309 e. The number of benzene rings is 21. The van der Waals surface area contributed by atoms with Crippen LogP contribution in [0, 0.1) is 45.9 Å². The van der Waals surface area contributed by atoms with Crippen molar-refractivity contribution in [3.8, 4) is 96.0 Å². The molecule has 3 heterocycles. The van der Waals surface area contributed by atoms with Crippen molar-refractivity contribution >= 4 is 130 Å². The standard InChI is InChI=1S/2C39H23FN2.C38H23F2N/c40-27-20-17-26(24-41)35(23-27)39-33-13-3-1-11-31(33)38(32-12-2-4-14-34(32)39)25-18-21-28(22-19-25)42-36-15-7-5-9-29(36)30-10-6-8-16-37(30)42;40-35-23-26(17-18-27(35)24-41)39-33-13-3-1-11-31(33)38(32-12-2-4-14-34(32)39)25-19-21-28(22-20-25)42-36-15-7-5-9-29(36)30-10-6-8-16-37(30)42;39-32-16-9-17-33(40)38(32)37-30-14-3-1-12-28(30)36(29-13-2-4-15-31(29)37)24-20-22-25(23-21-24)41-34-18-7-5-10-26(34)27-11-6-8-19-35(27)41/h2*1-23H;1-23H. The van der Waals surface area contributed by atoms with Gasteiger partial charge in [0.1, 0.15) is 29.3 Å². The first-order chi connectivity index (χ1) is 61.7. The summed E-state index contributed by atoms with van der Waals surface area (Å²) in [6.07, 6.45) is 0. The predicted molar refractivity (Wildman–Crippen MR) is 509 cm³/mol. The first-order valence-corrected chi connectivity index (χ1v) is 41.6. The number of aromatic nitrogens is 3. The zero-order valence-corrected chi connectivity index (χ0v) is 67.1. The summed E-state index contributed by atoms with van der Waals surface area (Å²) < 4.78 is 66.7. The molecule has 0 radical (unpaired) electrons. The smallest absolute Gasteiger partial charge is 0.141 e. The maximum Gasteiger partial charge on any atom is 0.141 e. The highest BCUT2D eigenvalue weighted by molar-refractivity contribution is 6.25. The molecule has 24 rings (SSSR count). The zero-order valence-electron chi connectivity index (χ0n) is 67.1. The fourth-order valence-corrected chi connectivity index (χ4v) is 19.4. The zero-order chi connectivity index (χ0) is 83.9. The molecular formula is C116H69F4N5. The molecule has 0 spiro atoms. The maximum absolute atomic E-state index is 15.2. The third-order valence-electron chi connectivity index (χ3n) is 24.7. The van der Waals surface area contributed by atoms with E-state index in [9.17, 15) is 19.3 Å². The van der Waals surface area contributed by atoms with E-state index >= 15 is 8.78 Å². The van der Waals surface area contributed by atoms with Crippen molar-refractivity contribution in [2.45, 2.75) is 0 Å². The van der Waals surface area contributed by atoms with E-state index < -0.39 is 17.5 Å². The number of halogens is 4. The lowest BCUT2D eigenvalue weighted by molar-refractivity contribution is 0.590. The molecule has 0 aliphatic rings. The maximum atomic E-state index is 15.2. The van der Waals surface area contributed by atoms with Crippen molar-refractivity contribution < 1.29 is 17.6 Å². The quantitative estimate of drug-likeness (QED) is 0.107. The van der Waals surface area contributed by atoms with Gasteiger partial charge in [-0.1, -0.05) is 303 Å². The van der Waals surface area contributed by atoms with Gasteiger partial charge in [-0.3, -0.25) is 0 Å². The summed E-state index contributed by atoms with van der Waals surface area (Å²) in [5.41, 5.74) is 21.2. The molecule has 0 unspecified atom stereocenters. The Bertz CT molecular complexity index is 8270. The van der Waals surface area contributed by atoms with Crippen LogP contribution < -0.4 is 0 Å². The Hall–Kier alpha value is -16.7. The fourth-order valence-electron chi connectivity index (χ4n) is 19.4. The minimum atomic E-state index is -0.566. The lowest BCUT2D eigenvalue weighted by Gasteiger charge is -2.18. The molecule has 0 aliphatic carbocycles. The highest BCUT2D eigenvalue weighted by Crippen LogP contribution is 2.50. The number of para-hydroxylation sites is 6. The Morgan fingerprint density at radius 1 is 0.176 bits per heavy atom. The fraction of sp³-hybridized carbons (Fsp3) is 0. The van der Waals surface area contributed by atoms with Gasteiger partial charge in [0.2, 0.25) is 0 Å². The first kappa shape index (κ1) is 74.6. The van der Waals surface area contributed by atoms with E-state index in [4.69, 9.17) is 0 Å². The number of fused-ring (bicyclic) bond motifs is 15. The topological polar surface area (TPSA) is 62.4 Å². The van der Waals surface area contributed by atoms with Gasteiger partial charge in [-0.15, -0.1) is 0 Å². The van der Waals surface area contributed by atoms with Gasteiger partial charge in [0, 0.05) is 60.5 Å². The lowest BCUT2D eigenvalue weighted by atomic mass is 9.85. The average Bonchev–Trinajstić information content (AvgIpc) is 1.72. The van der Waals surface area contributed by atoms with Crippen LogP contribution in [0.5, 0.6) is 0 Å². The predicted octanol–water partition coefficient (Wildman–Crippen LogP) is 31.6. The Morgan fingerprint density at radius 2 is 0.408 bits per heavy atom. The third-order valence-corrected chi connectivity index (χ3v) is 24.7. The molecule has 5 nitrogen and oxygen atoms in total.